The predicted octanol–water partition coefficient (Wildman–Crippen LogP) is 4.20. The second-order valence-electron chi connectivity index (χ2n) is 5.55. The zero-order chi connectivity index (χ0) is 14.7. The first-order valence-electron chi connectivity index (χ1n) is 7.50. The highest BCUT2D eigenvalue weighted by atomic mass is 79.9. The molecule has 112 valence electrons. The van der Waals surface area contributed by atoms with E-state index < -0.39 is 0 Å². The number of nitrogens with zero attached hydrogens (tertiary/aromatic N) is 1. The Morgan fingerprint density at radius 2 is 2.10 bits per heavy atom. The van der Waals surface area contributed by atoms with Gasteiger partial charge in [-0.2, -0.15) is 0 Å². The molecule has 0 aliphatic carbocycles. The van der Waals surface area contributed by atoms with Gasteiger partial charge in [0.25, 0.3) is 0 Å². The summed E-state index contributed by atoms with van der Waals surface area (Å²) in [4.78, 5) is 5.46. The van der Waals surface area contributed by atoms with Crippen molar-refractivity contribution in [1.82, 2.24) is 10.2 Å². The number of thiophene rings is 1. The molecular weight excluding hydrogens is 344 g/mol. The van der Waals surface area contributed by atoms with Gasteiger partial charge in [0.15, 0.2) is 0 Å². The number of hydrogen-bond donors (Lipinski definition) is 1. The van der Waals surface area contributed by atoms with Gasteiger partial charge in [-0.05, 0) is 49.7 Å². The van der Waals surface area contributed by atoms with Crippen LogP contribution in [0.4, 0.5) is 0 Å². The van der Waals surface area contributed by atoms with Crippen LogP contribution in [-0.2, 0) is 0 Å². The van der Waals surface area contributed by atoms with Gasteiger partial charge in [0.2, 0.25) is 0 Å². The van der Waals surface area contributed by atoms with Gasteiger partial charge in [-0.25, -0.2) is 0 Å². The molecule has 1 aliphatic rings. The van der Waals surface area contributed by atoms with E-state index in [1.165, 1.54) is 21.7 Å². The molecule has 0 radical (unpaired) electrons. The van der Waals surface area contributed by atoms with Crippen LogP contribution in [0.5, 0.6) is 0 Å². The van der Waals surface area contributed by atoms with Gasteiger partial charge in [0.05, 0.1) is 6.04 Å². The molecule has 2 heterocycles. The molecule has 4 heteroatoms. The van der Waals surface area contributed by atoms with Crippen LogP contribution in [0.2, 0.25) is 0 Å². The molecule has 0 spiro atoms. The van der Waals surface area contributed by atoms with Crippen molar-refractivity contribution in [1.29, 1.82) is 0 Å². The standard InChI is InChI=1S/C17H21BrN2S/c1-13-6-7-16(21-13)17(14-4-2-5-15(18)12-14)20-10-3-8-19-9-11-20/h2,4-7,12,17,19H,3,8-11H2,1H3. The van der Waals surface area contributed by atoms with Gasteiger partial charge in [-0.15, -0.1) is 11.3 Å². The SMILES string of the molecule is Cc1ccc(C(c2cccc(Br)c2)N2CCCNCC2)s1. The van der Waals surface area contributed by atoms with Crippen molar-refractivity contribution >= 4 is 27.3 Å². The molecule has 0 saturated carbocycles. The fourth-order valence-corrected chi connectivity index (χ4v) is 4.41. The van der Waals surface area contributed by atoms with Gasteiger partial charge in [0, 0.05) is 33.9 Å². The van der Waals surface area contributed by atoms with Crippen LogP contribution in [0, 0.1) is 6.92 Å². The normalized spacial score (nSPS) is 18.4. The zero-order valence-electron chi connectivity index (χ0n) is 12.3. The van der Waals surface area contributed by atoms with Crippen LogP contribution >= 0.6 is 27.3 Å². The Morgan fingerprint density at radius 1 is 1.19 bits per heavy atom. The van der Waals surface area contributed by atoms with E-state index in [0.29, 0.717) is 6.04 Å². The Morgan fingerprint density at radius 3 is 2.86 bits per heavy atom. The van der Waals surface area contributed by atoms with E-state index in [1.807, 2.05) is 11.3 Å². The summed E-state index contributed by atoms with van der Waals surface area (Å²) in [6.07, 6.45) is 1.22. The first-order chi connectivity index (χ1) is 10.2. The Bertz CT molecular complexity index is 588. The van der Waals surface area contributed by atoms with E-state index in [-0.39, 0.29) is 0 Å². The molecule has 3 rings (SSSR count). The molecule has 1 unspecified atom stereocenters. The summed E-state index contributed by atoms with van der Waals surface area (Å²) in [5.41, 5.74) is 1.38. The van der Waals surface area contributed by atoms with E-state index in [4.69, 9.17) is 0 Å². The maximum absolute atomic E-state index is 3.62. The third-order valence-corrected chi connectivity index (χ3v) is 5.48. The van der Waals surface area contributed by atoms with Gasteiger partial charge in [-0.1, -0.05) is 28.1 Å². The van der Waals surface area contributed by atoms with Crippen molar-refractivity contribution in [3.63, 3.8) is 0 Å². The predicted molar refractivity (Wildman–Crippen MR) is 94.1 cm³/mol. The number of aryl methyl sites for hydroxylation is 1. The van der Waals surface area contributed by atoms with Crippen molar-refractivity contribution in [2.75, 3.05) is 26.2 Å². The molecule has 2 aromatic rings. The number of rotatable bonds is 3. The number of benzene rings is 1. The fraction of sp³-hybridized carbons (Fsp3) is 0.412. The molecule has 2 nitrogen and oxygen atoms in total. The van der Waals surface area contributed by atoms with Crippen molar-refractivity contribution in [3.05, 3.63) is 56.2 Å². The molecule has 21 heavy (non-hydrogen) atoms. The first kappa shape index (κ1) is 15.2. The Hall–Kier alpha value is -0.680. The maximum Gasteiger partial charge on any atom is 0.0697 e. The van der Waals surface area contributed by atoms with E-state index in [2.05, 4.69) is 69.5 Å². The number of hydrogen-bond acceptors (Lipinski definition) is 3. The summed E-state index contributed by atoms with van der Waals surface area (Å²) in [6, 6.07) is 13.7. The molecule has 1 aliphatic heterocycles. The second kappa shape index (κ2) is 7.05. The summed E-state index contributed by atoms with van der Waals surface area (Å²) in [5, 5.41) is 3.50. The Balaban J connectivity index is 1.97. The quantitative estimate of drug-likeness (QED) is 0.877. The van der Waals surface area contributed by atoms with Crippen LogP contribution < -0.4 is 5.32 Å². The highest BCUT2D eigenvalue weighted by Gasteiger charge is 2.24. The minimum atomic E-state index is 0.376. The van der Waals surface area contributed by atoms with Crippen LogP contribution in [0.25, 0.3) is 0 Å². The summed E-state index contributed by atoms with van der Waals surface area (Å²) in [7, 11) is 0. The lowest BCUT2D eigenvalue weighted by molar-refractivity contribution is 0.244. The number of halogens is 1. The fourth-order valence-electron chi connectivity index (χ4n) is 2.96. The molecule has 1 atom stereocenters. The molecular formula is C17H21BrN2S. The van der Waals surface area contributed by atoms with Gasteiger partial charge in [0.1, 0.15) is 0 Å². The molecule has 0 amide bonds. The summed E-state index contributed by atoms with van der Waals surface area (Å²) < 4.78 is 1.16. The molecule has 1 N–H and O–H groups in total. The maximum atomic E-state index is 3.62. The van der Waals surface area contributed by atoms with Crippen molar-refractivity contribution < 1.29 is 0 Å². The molecule has 0 bridgehead atoms. The van der Waals surface area contributed by atoms with Crippen molar-refractivity contribution in [2.24, 2.45) is 0 Å². The van der Waals surface area contributed by atoms with Crippen LogP contribution in [0.1, 0.15) is 27.8 Å². The van der Waals surface area contributed by atoms with Crippen molar-refractivity contribution in [2.45, 2.75) is 19.4 Å². The van der Waals surface area contributed by atoms with Crippen molar-refractivity contribution in [3.8, 4) is 0 Å². The van der Waals surface area contributed by atoms with Crippen LogP contribution in [0.3, 0.4) is 0 Å². The summed E-state index contributed by atoms with van der Waals surface area (Å²) in [6.45, 7) is 6.66. The second-order valence-corrected chi connectivity index (χ2v) is 7.78. The Labute approximate surface area is 139 Å². The minimum Gasteiger partial charge on any atom is -0.315 e. The molecule has 1 aromatic carbocycles. The van der Waals surface area contributed by atoms with E-state index >= 15 is 0 Å². The smallest absolute Gasteiger partial charge is 0.0697 e. The average Bonchev–Trinajstić information content (AvgIpc) is 2.73. The topological polar surface area (TPSA) is 15.3 Å². The van der Waals surface area contributed by atoms with Gasteiger partial charge >= 0.3 is 0 Å². The third-order valence-electron chi connectivity index (χ3n) is 3.93. The molecule has 1 fully saturated rings. The minimum absolute atomic E-state index is 0.376. The summed E-state index contributed by atoms with van der Waals surface area (Å²) in [5.74, 6) is 0. The van der Waals surface area contributed by atoms with Crippen LogP contribution in [-0.4, -0.2) is 31.1 Å². The summed E-state index contributed by atoms with van der Waals surface area (Å²) >= 11 is 5.54. The lowest BCUT2D eigenvalue weighted by Gasteiger charge is -2.30. The van der Waals surface area contributed by atoms with E-state index in [0.717, 1.165) is 30.7 Å². The first-order valence-corrected chi connectivity index (χ1v) is 9.11. The largest absolute Gasteiger partial charge is 0.315 e. The molecule has 1 aromatic heterocycles. The lowest BCUT2D eigenvalue weighted by Crippen LogP contribution is -2.32. The monoisotopic (exact) mass is 364 g/mol. The average molecular weight is 365 g/mol. The van der Waals surface area contributed by atoms with Gasteiger partial charge < -0.3 is 5.32 Å². The zero-order valence-corrected chi connectivity index (χ0v) is 14.7. The Kier molecular flexibility index (Phi) is 5.11. The number of nitrogens with one attached hydrogen (secondary N) is 1. The van der Waals surface area contributed by atoms with Crippen LogP contribution in [0.15, 0.2) is 40.9 Å². The van der Waals surface area contributed by atoms with E-state index in [9.17, 15) is 0 Å². The van der Waals surface area contributed by atoms with E-state index in [1.54, 1.807) is 0 Å². The lowest BCUT2D eigenvalue weighted by atomic mass is 10.0. The van der Waals surface area contributed by atoms with Gasteiger partial charge in [-0.3, -0.25) is 4.90 Å². The third kappa shape index (κ3) is 3.75. The highest BCUT2D eigenvalue weighted by molar-refractivity contribution is 9.10. The highest BCUT2D eigenvalue weighted by Crippen LogP contribution is 2.34. The molecule has 1 saturated heterocycles.